The minimum atomic E-state index is -1.08. The first kappa shape index (κ1) is 17.8. The average molecular weight is 373 g/mol. The first-order valence-electron chi connectivity index (χ1n) is 9.36. The van der Waals surface area contributed by atoms with Gasteiger partial charge in [0.25, 0.3) is 5.91 Å². The maximum absolute atomic E-state index is 12.9. The van der Waals surface area contributed by atoms with Crippen molar-refractivity contribution in [3.8, 4) is 0 Å². The molecule has 27 heavy (non-hydrogen) atoms. The molecule has 1 aliphatic carbocycles. The summed E-state index contributed by atoms with van der Waals surface area (Å²) in [5, 5.41) is 9.20. The lowest BCUT2D eigenvalue weighted by Gasteiger charge is -2.35. The molecule has 2 atom stereocenters. The van der Waals surface area contributed by atoms with Gasteiger partial charge < -0.3 is 19.7 Å². The Kier molecular flexibility index (Phi) is 4.51. The van der Waals surface area contributed by atoms with Gasteiger partial charge in [0.05, 0.1) is 23.7 Å². The van der Waals surface area contributed by atoms with Gasteiger partial charge in [-0.25, -0.2) is 9.59 Å². The van der Waals surface area contributed by atoms with Crippen molar-refractivity contribution < 1.29 is 19.4 Å². The maximum Gasteiger partial charge on any atom is 0.334 e. The van der Waals surface area contributed by atoms with Crippen molar-refractivity contribution in [1.29, 1.82) is 0 Å². The van der Waals surface area contributed by atoms with E-state index in [0.29, 0.717) is 17.6 Å². The minimum absolute atomic E-state index is 0.0101. The molecule has 2 aliphatic rings. The van der Waals surface area contributed by atoms with Gasteiger partial charge in [-0.1, -0.05) is 12.8 Å². The van der Waals surface area contributed by atoms with E-state index in [0.717, 1.165) is 31.2 Å². The molecule has 1 aromatic carbocycles. The molecule has 1 aliphatic heterocycles. The molecule has 0 bridgehead atoms. The van der Waals surface area contributed by atoms with E-state index in [1.807, 2.05) is 0 Å². The van der Waals surface area contributed by atoms with Crippen LogP contribution in [0.5, 0.6) is 0 Å². The fourth-order valence-electron chi connectivity index (χ4n) is 4.23. The highest BCUT2D eigenvalue weighted by Gasteiger charge is 2.33. The van der Waals surface area contributed by atoms with Gasteiger partial charge >= 0.3 is 11.7 Å². The second-order valence-electron chi connectivity index (χ2n) is 7.45. The molecule has 4 rings (SSSR count). The van der Waals surface area contributed by atoms with Crippen LogP contribution in [0.4, 0.5) is 0 Å². The van der Waals surface area contributed by atoms with E-state index < -0.39 is 12.1 Å². The Balaban J connectivity index is 1.63. The number of morpholine rings is 1. The van der Waals surface area contributed by atoms with E-state index >= 15 is 0 Å². The predicted molar refractivity (Wildman–Crippen MR) is 97.9 cm³/mol. The molecule has 2 fully saturated rings. The Morgan fingerprint density at radius 2 is 1.96 bits per heavy atom. The number of hydrogen-bond acceptors (Lipinski definition) is 4. The Morgan fingerprint density at radius 1 is 1.22 bits per heavy atom. The number of rotatable bonds is 3. The van der Waals surface area contributed by atoms with E-state index in [1.165, 1.54) is 4.90 Å². The molecule has 0 spiro atoms. The van der Waals surface area contributed by atoms with Crippen molar-refractivity contribution in [3.63, 3.8) is 0 Å². The van der Waals surface area contributed by atoms with Crippen molar-refractivity contribution in [1.82, 2.24) is 14.5 Å². The number of aromatic nitrogens is 2. The SMILES string of the molecule is C[C@@H]1CN(C(=O)c2ccc3c(c2)[nH]c(=O)n3C2CCCC2)CC(C(=O)O)O1. The minimum Gasteiger partial charge on any atom is -0.479 e. The predicted octanol–water partition coefficient (Wildman–Crippen LogP) is 1.76. The maximum atomic E-state index is 12.9. The first-order valence-corrected chi connectivity index (χ1v) is 9.36. The van der Waals surface area contributed by atoms with Crippen LogP contribution in [-0.2, 0) is 9.53 Å². The Bertz CT molecular complexity index is 940. The number of nitrogens with one attached hydrogen (secondary N) is 1. The first-order chi connectivity index (χ1) is 12.9. The fraction of sp³-hybridized carbons (Fsp3) is 0.526. The number of fused-ring (bicyclic) bond motifs is 1. The zero-order chi connectivity index (χ0) is 19.1. The van der Waals surface area contributed by atoms with Crippen molar-refractivity contribution in [2.24, 2.45) is 0 Å². The lowest BCUT2D eigenvalue weighted by molar-refractivity contribution is -0.160. The van der Waals surface area contributed by atoms with Gasteiger partial charge in [-0.2, -0.15) is 0 Å². The summed E-state index contributed by atoms with van der Waals surface area (Å²) in [6, 6.07) is 5.40. The van der Waals surface area contributed by atoms with E-state index in [4.69, 9.17) is 4.74 Å². The lowest BCUT2D eigenvalue weighted by Crippen LogP contribution is -2.51. The molecule has 1 saturated carbocycles. The molecule has 8 heteroatoms. The number of aliphatic carboxylic acids is 1. The van der Waals surface area contributed by atoms with Crippen LogP contribution in [0.1, 0.15) is 49.0 Å². The topological polar surface area (TPSA) is 105 Å². The van der Waals surface area contributed by atoms with Crippen LogP contribution in [0, 0.1) is 0 Å². The summed E-state index contributed by atoms with van der Waals surface area (Å²) in [6.07, 6.45) is 2.87. The average Bonchev–Trinajstić information content (AvgIpc) is 3.26. The molecule has 1 saturated heterocycles. The number of hydrogen-bond donors (Lipinski definition) is 2. The number of carbonyl (C=O) groups is 2. The number of carboxylic acids is 1. The smallest absolute Gasteiger partial charge is 0.334 e. The molecular formula is C19H23N3O5. The highest BCUT2D eigenvalue weighted by molar-refractivity contribution is 5.97. The fourth-order valence-corrected chi connectivity index (χ4v) is 4.23. The van der Waals surface area contributed by atoms with Gasteiger partial charge in [0.15, 0.2) is 6.10 Å². The normalized spacial score (nSPS) is 23.8. The molecule has 2 aromatic rings. The van der Waals surface area contributed by atoms with Crippen molar-refractivity contribution in [2.75, 3.05) is 13.1 Å². The number of carboxylic acid groups (broad SMARTS) is 1. The Labute approximate surface area is 155 Å². The van der Waals surface area contributed by atoms with Gasteiger partial charge in [0.1, 0.15) is 0 Å². The summed E-state index contributed by atoms with van der Waals surface area (Å²) in [5.41, 5.74) is 1.73. The van der Waals surface area contributed by atoms with Crippen molar-refractivity contribution >= 4 is 22.9 Å². The monoisotopic (exact) mass is 373 g/mol. The van der Waals surface area contributed by atoms with E-state index in [1.54, 1.807) is 29.7 Å². The Hall–Kier alpha value is -2.61. The van der Waals surface area contributed by atoms with E-state index in [-0.39, 0.29) is 30.3 Å². The third-order valence-electron chi connectivity index (χ3n) is 5.48. The quantitative estimate of drug-likeness (QED) is 0.853. The van der Waals surface area contributed by atoms with Gasteiger partial charge in [-0.15, -0.1) is 0 Å². The zero-order valence-electron chi connectivity index (χ0n) is 15.2. The molecule has 8 nitrogen and oxygen atoms in total. The number of nitrogens with zero attached hydrogens (tertiary/aromatic N) is 2. The van der Waals surface area contributed by atoms with Gasteiger partial charge in [0, 0.05) is 18.2 Å². The molecule has 144 valence electrons. The number of benzene rings is 1. The number of carbonyl (C=O) groups excluding carboxylic acids is 1. The molecule has 2 N–H and O–H groups in total. The van der Waals surface area contributed by atoms with Crippen LogP contribution in [0.2, 0.25) is 0 Å². The highest BCUT2D eigenvalue weighted by Crippen LogP contribution is 2.31. The second-order valence-corrected chi connectivity index (χ2v) is 7.45. The molecule has 1 unspecified atom stereocenters. The van der Waals surface area contributed by atoms with E-state index in [2.05, 4.69) is 4.98 Å². The molecule has 0 radical (unpaired) electrons. The summed E-state index contributed by atoms with van der Waals surface area (Å²) in [5.74, 6) is -1.33. The third kappa shape index (κ3) is 3.25. The van der Waals surface area contributed by atoms with Gasteiger partial charge in [-0.3, -0.25) is 9.36 Å². The van der Waals surface area contributed by atoms with Crippen molar-refractivity contribution in [2.45, 2.75) is 50.9 Å². The number of ether oxygens (including phenoxy) is 1. The Morgan fingerprint density at radius 3 is 2.67 bits per heavy atom. The number of imidazole rings is 1. The molecular weight excluding hydrogens is 350 g/mol. The summed E-state index contributed by atoms with van der Waals surface area (Å²) in [7, 11) is 0. The summed E-state index contributed by atoms with van der Waals surface area (Å²) < 4.78 is 7.17. The molecule has 1 amide bonds. The third-order valence-corrected chi connectivity index (χ3v) is 5.48. The van der Waals surface area contributed by atoms with Crippen LogP contribution >= 0.6 is 0 Å². The molecule has 2 heterocycles. The van der Waals surface area contributed by atoms with Gasteiger partial charge in [-0.05, 0) is 38.0 Å². The van der Waals surface area contributed by atoms with Crippen LogP contribution in [-0.4, -0.2) is 56.7 Å². The highest BCUT2D eigenvalue weighted by atomic mass is 16.5. The zero-order valence-corrected chi connectivity index (χ0v) is 15.2. The second kappa shape index (κ2) is 6.84. The lowest BCUT2D eigenvalue weighted by atomic mass is 10.1. The van der Waals surface area contributed by atoms with E-state index in [9.17, 15) is 19.5 Å². The number of amides is 1. The standard InChI is InChI=1S/C19H23N3O5/c1-11-9-21(10-16(27-11)18(24)25)17(23)12-6-7-15-14(8-12)20-19(26)22(15)13-4-2-3-5-13/h6-8,11,13,16H,2-5,9-10H2,1H3,(H,20,26)(H,24,25)/t11-,16?/m1/s1. The summed E-state index contributed by atoms with van der Waals surface area (Å²) >= 11 is 0. The largest absolute Gasteiger partial charge is 0.479 e. The van der Waals surface area contributed by atoms with Crippen LogP contribution in [0.15, 0.2) is 23.0 Å². The molecule has 1 aromatic heterocycles. The number of H-pyrrole nitrogens is 1. The van der Waals surface area contributed by atoms with Crippen LogP contribution in [0.3, 0.4) is 0 Å². The van der Waals surface area contributed by atoms with Crippen LogP contribution < -0.4 is 5.69 Å². The summed E-state index contributed by atoms with van der Waals surface area (Å²) in [4.78, 5) is 40.9. The van der Waals surface area contributed by atoms with Gasteiger partial charge in [0.2, 0.25) is 0 Å². The van der Waals surface area contributed by atoms with Crippen molar-refractivity contribution in [3.05, 3.63) is 34.2 Å². The number of aromatic amines is 1. The summed E-state index contributed by atoms with van der Waals surface area (Å²) in [6.45, 7) is 2.09. The van der Waals surface area contributed by atoms with Crippen LogP contribution in [0.25, 0.3) is 11.0 Å².